The van der Waals surface area contributed by atoms with Crippen LogP contribution in [-0.4, -0.2) is 31.4 Å². The first-order chi connectivity index (χ1) is 12.7. The normalized spacial score (nSPS) is 21.4. The predicted molar refractivity (Wildman–Crippen MR) is 104 cm³/mol. The van der Waals surface area contributed by atoms with E-state index in [4.69, 9.17) is 5.11 Å². The molecule has 0 heterocycles. The SMILES string of the molecule is CCC(C)NS(=O)(=O)Cc1cccc(NC(=O)C2CCC(C(=O)O)CC2)c1. The minimum Gasteiger partial charge on any atom is -0.481 e. The van der Waals surface area contributed by atoms with E-state index in [9.17, 15) is 18.0 Å². The van der Waals surface area contributed by atoms with Gasteiger partial charge in [-0.3, -0.25) is 9.59 Å². The van der Waals surface area contributed by atoms with Crippen LogP contribution in [0.1, 0.15) is 51.5 Å². The lowest BCUT2D eigenvalue weighted by molar-refractivity contribution is -0.143. The van der Waals surface area contributed by atoms with Gasteiger partial charge in [-0.25, -0.2) is 13.1 Å². The molecule has 0 spiro atoms. The summed E-state index contributed by atoms with van der Waals surface area (Å²) in [5.74, 6) is -1.66. The van der Waals surface area contributed by atoms with Gasteiger partial charge in [-0.1, -0.05) is 19.1 Å². The monoisotopic (exact) mass is 396 g/mol. The number of carboxylic acid groups (broad SMARTS) is 1. The van der Waals surface area contributed by atoms with Crippen molar-refractivity contribution in [3.8, 4) is 0 Å². The lowest BCUT2D eigenvalue weighted by Gasteiger charge is -2.25. The molecule has 2 rings (SSSR count). The van der Waals surface area contributed by atoms with E-state index in [0.29, 0.717) is 43.4 Å². The van der Waals surface area contributed by atoms with Crippen LogP contribution in [0.2, 0.25) is 0 Å². The summed E-state index contributed by atoms with van der Waals surface area (Å²) in [5, 5.41) is 11.9. The number of amides is 1. The first-order valence-electron chi connectivity index (χ1n) is 9.32. The average molecular weight is 397 g/mol. The summed E-state index contributed by atoms with van der Waals surface area (Å²) in [4.78, 5) is 23.4. The van der Waals surface area contributed by atoms with Gasteiger partial charge in [0.1, 0.15) is 0 Å². The number of carbonyl (C=O) groups is 2. The Labute approximate surface area is 160 Å². The van der Waals surface area contributed by atoms with Crippen LogP contribution in [0.5, 0.6) is 0 Å². The summed E-state index contributed by atoms with van der Waals surface area (Å²) in [6.07, 6.45) is 2.82. The fourth-order valence-electron chi connectivity index (χ4n) is 3.24. The van der Waals surface area contributed by atoms with Gasteiger partial charge in [0.15, 0.2) is 0 Å². The molecule has 8 heteroatoms. The smallest absolute Gasteiger partial charge is 0.306 e. The zero-order chi connectivity index (χ0) is 20.0. The summed E-state index contributed by atoms with van der Waals surface area (Å²) in [6, 6.07) is 6.68. The zero-order valence-corrected chi connectivity index (χ0v) is 16.6. The van der Waals surface area contributed by atoms with Crippen LogP contribution in [0.15, 0.2) is 24.3 Å². The summed E-state index contributed by atoms with van der Waals surface area (Å²) in [6.45, 7) is 3.72. The molecule has 0 bridgehead atoms. The quantitative estimate of drug-likeness (QED) is 0.625. The van der Waals surface area contributed by atoms with E-state index in [0.717, 1.165) is 0 Å². The summed E-state index contributed by atoms with van der Waals surface area (Å²) in [7, 11) is -3.44. The third kappa shape index (κ3) is 6.62. The molecule has 0 aliphatic heterocycles. The van der Waals surface area contributed by atoms with Crippen molar-refractivity contribution in [3.05, 3.63) is 29.8 Å². The van der Waals surface area contributed by atoms with Gasteiger partial charge in [-0.05, 0) is 56.7 Å². The van der Waals surface area contributed by atoms with Gasteiger partial charge in [0.2, 0.25) is 15.9 Å². The predicted octanol–water partition coefficient (Wildman–Crippen LogP) is 2.73. The Balaban J connectivity index is 1.95. The number of carbonyl (C=O) groups excluding carboxylic acids is 1. The minimum atomic E-state index is -3.44. The molecular weight excluding hydrogens is 368 g/mol. The van der Waals surface area contributed by atoms with E-state index >= 15 is 0 Å². The van der Waals surface area contributed by atoms with E-state index in [-0.39, 0.29) is 29.5 Å². The van der Waals surface area contributed by atoms with E-state index in [1.807, 2.05) is 13.8 Å². The van der Waals surface area contributed by atoms with Gasteiger partial charge in [-0.15, -0.1) is 0 Å². The molecule has 1 amide bonds. The number of hydrogen-bond acceptors (Lipinski definition) is 4. The highest BCUT2D eigenvalue weighted by Crippen LogP contribution is 2.30. The van der Waals surface area contributed by atoms with Crippen LogP contribution in [0.25, 0.3) is 0 Å². The summed E-state index contributed by atoms with van der Waals surface area (Å²) >= 11 is 0. The van der Waals surface area contributed by atoms with Gasteiger partial charge < -0.3 is 10.4 Å². The average Bonchev–Trinajstić information content (AvgIpc) is 2.61. The third-order valence-electron chi connectivity index (χ3n) is 4.99. The molecule has 1 fully saturated rings. The van der Waals surface area contributed by atoms with Gasteiger partial charge in [0, 0.05) is 17.6 Å². The number of benzene rings is 1. The molecule has 1 aromatic carbocycles. The lowest BCUT2D eigenvalue weighted by atomic mass is 9.81. The Kier molecular flexibility index (Phi) is 7.38. The van der Waals surface area contributed by atoms with Crippen molar-refractivity contribution in [1.29, 1.82) is 0 Å². The van der Waals surface area contributed by atoms with Gasteiger partial charge in [-0.2, -0.15) is 0 Å². The first-order valence-corrected chi connectivity index (χ1v) is 11.0. The topological polar surface area (TPSA) is 113 Å². The Hall–Kier alpha value is -1.93. The van der Waals surface area contributed by atoms with E-state index < -0.39 is 16.0 Å². The minimum absolute atomic E-state index is 0.126. The Morgan fingerprint density at radius 2 is 1.81 bits per heavy atom. The van der Waals surface area contributed by atoms with E-state index in [1.54, 1.807) is 24.3 Å². The molecule has 150 valence electrons. The molecule has 1 aromatic rings. The van der Waals surface area contributed by atoms with Crippen molar-refractivity contribution < 1.29 is 23.1 Å². The molecule has 1 atom stereocenters. The van der Waals surface area contributed by atoms with Crippen molar-refractivity contribution in [2.75, 3.05) is 5.32 Å². The van der Waals surface area contributed by atoms with Gasteiger partial charge >= 0.3 is 5.97 Å². The van der Waals surface area contributed by atoms with Gasteiger partial charge in [0.05, 0.1) is 11.7 Å². The van der Waals surface area contributed by atoms with Crippen LogP contribution < -0.4 is 10.0 Å². The van der Waals surface area contributed by atoms with Crippen LogP contribution in [0, 0.1) is 11.8 Å². The third-order valence-corrected chi connectivity index (χ3v) is 6.47. The molecule has 27 heavy (non-hydrogen) atoms. The molecule has 1 aliphatic carbocycles. The maximum Gasteiger partial charge on any atom is 0.306 e. The largest absolute Gasteiger partial charge is 0.481 e. The van der Waals surface area contributed by atoms with Crippen LogP contribution in [-0.2, 0) is 25.4 Å². The number of nitrogens with one attached hydrogen (secondary N) is 2. The molecule has 0 saturated heterocycles. The molecule has 1 aliphatic rings. The Morgan fingerprint density at radius 3 is 2.41 bits per heavy atom. The summed E-state index contributed by atoms with van der Waals surface area (Å²) < 4.78 is 27.0. The lowest BCUT2D eigenvalue weighted by Crippen LogP contribution is -2.33. The molecule has 7 nitrogen and oxygen atoms in total. The van der Waals surface area contributed by atoms with E-state index in [2.05, 4.69) is 10.0 Å². The number of hydrogen-bond donors (Lipinski definition) is 3. The standard InChI is InChI=1S/C19H28N2O5S/c1-3-13(2)21-27(25,26)12-14-5-4-6-17(11-14)20-18(22)15-7-9-16(10-8-15)19(23)24/h4-6,11,13,15-16,21H,3,7-10,12H2,1-2H3,(H,20,22)(H,23,24). The molecule has 0 aromatic heterocycles. The number of carboxylic acids is 1. The summed E-state index contributed by atoms with van der Waals surface area (Å²) in [5.41, 5.74) is 1.15. The second-order valence-electron chi connectivity index (χ2n) is 7.26. The zero-order valence-electron chi connectivity index (χ0n) is 15.8. The number of anilines is 1. The Morgan fingerprint density at radius 1 is 1.19 bits per heavy atom. The van der Waals surface area contributed by atoms with Crippen molar-refractivity contribution in [1.82, 2.24) is 4.72 Å². The number of rotatable bonds is 8. The van der Waals surface area contributed by atoms with Crippen LogP contribution >= 0.6 is 0 Å². The fourth-order valence-corrected chi connectivity index (χ4v) is 4.72. The second-order valence-corrected chi connectivity index (χ2v) is 9.02. The molecule has 1 saturated carbocycles. The molecule has 1 unspecified atom stereocenters. The maximum atomic E-state index is 12.4. The van der Waals surface area contributed by atoms with E-state index in [1.165, 1.54) is 0 Å². The molecular formula is C19H28N2O5S. The van der Waals surface area contributed by atoms with Crippen LogP contribution in [0.4, 0.5) is 5.69 Å². The second kappa shape index (κ2) is 9.32. The van der Waals surface area contributed by atoms with Gasteiger partial charge in [0.25, 0.3) is 0 Å². The highest BCUT2D eigenvalue weighted by atomic mass is 32.2. The first kappa shape index (κ1) is 21.4. The maximum absolute atomic E-state index is 12.4. The Bertz CT molecular complexity index is 770. The van der Waals surface area contributed by atoms with Crippen molar-refractivity contribution in [2.24, 2.45) is 11.8 Å². The van der Waals surface area contributed by atoms with Crippen molar-refractivity contribution in [2.45, 2.75) is 57.7 Å². The number of sulfonamides is 1. The van der Waals surface area contributed by atoms with Crippen molar-refractivity contribution in [3.63, 3.8) is 0 Å². The molecule has 3 N–H and O–H groups in total. The number of aliphatic carboxylic acids is 1. The van der Waals surface area contributed by atoms with Crippen LogP contribution in [0.3, 0.4) is 0 Å². The highest BCUT2D eigenvalue weighted by Gasteiger charge is 2.29. The highest BCUT2D eigenvalue weighted by molar-refractivity contribution is 7.88. The van der Waals surface area contributed by atoms with Crippen molar-refractivity contribution >= 4 is 27.6 Å². The fraction of sp³-hybridized carbons (Fsp3) is 0.579. The molecule has 0 radical (unpaired) electrons.